The van der Waals surface area contributed by atoms with Crippen molar-refractivity contribution in [3.8, 4) is 11.5 Å². The lowest BCUT2D eigenvalue weighted by Gasteiger charge is -2.12. The van der Waals surface area contributed by atoms with Crippen molar-refractivity contribution < 1.29 is 19.0 Å². The summed E-state index contributed by atoms with van der Waals surface area (Å²) in [5.74, 6) is 1.31. The van der Waals surface area contributed by atoms with Gasteiger partial charge >= 0.3 is 6.09 Å². The Balaban J connectivity index is 1.91. The predicted molar refractivity (Wildman–Crippen MR) is 56.8 cm³/mol. The standard InChI is InChI=1S/C11H13NO4/c1-14-9-4-2-3-5-10(9)15-7-8-6-12-11(13)16-8/h2-5,8H,6-7H2,1H3,(H,12,13)/t8-/m1/s1. The van der Waals surface area contributed by atoms with Gasteiger partial charge in [-0.15, -0.1) is 0 Å². The number of para-hydroxylation sites is 2. The van der Waals surface area contributed by atoms with Gasteiger partial charge in [0, 0.05) is 0 Å². The van der Waals surface area contributed by atoms with E-state index in [2.05, 4.69) is 5.32 Å². The van der Waals surface area contributed by atoms with Gasteiger partial charge in [0.1, 0.15) is 6.61 Å². The van der Waals surface area contributed by atoms with E-state index in [1.54, 1.807) is 7.11 Å². The molecule has 2 rings (SSSR count). The van der Waals surface area contributed by atoms with E-state index < -0.39 is 6.09 Å². The molecule has 1 aromatic carbocycles. The Bertz CT molecular complexity index is 380. The minimum Gasteiger partial charge on any atom is -0.493 e. The number of hydrogen-bond donors (Lipinski definition) is 1. The second-order valence-corrected chi connectivity index (χ2v) is 3.37. The van der Waals surface area contributed by atoms with Crippen molar-refractivity contribution >= 4 is 6.09 Å². The largest absolute Gasteiger partial charge is 0.493 e. The van der Waals surface area contributed by atoms with Crippen LogP contribution >= 0.6 is 0 Å². The smallest absolute Gasteiger partial charge is 0.407 e. The predicted octanol–water partition coefficient (Wildman–Crippen LogP) is 1.18. The van der Waals surface area contributed by atoms with Crippen LogP contribution < -0.4 is 14.8 Å². The van der Waals surface area contributed by atoms with Crippen LogP contribution in [0.2, 0.25) is 0 Å². The average molecular weight is 223 g/mol. The first-order valence-corrected chi connectivity index (χ1v) is 5.00. The molecule has 1 atom stereocenters. The third-order valence-electron chi connectivity index (χ3n) is 2.24. The molecule has 0 unspecified atom stereocenters. The van der Waals surface area contributed by atoms with Crippen LogP contribution in [0, 0.1) is 0 Å². The summed E-state index contributed by atoms with van der Waals surface area (Å²) in [7, 11) is 1.58. The van der Waals surface area contributed by atoms with Crippen molar-refractivity contribution in [3.05, 3.63) is 24.3 Å². The minimum atomic E-state index is -0.395. The van der Waals surface area contributed by atoms with Gasteiger partial charge in [0.05, 0.1) is 13.7 Å². The van der Waals surface area contributed by atoms with E-state index >= 15 is 0 Å². The lowest BCUT2D eigenvalue weighted by molar-refractivity contribution is 0.103. The molecule has 0 aliphatic carbocycles. The molecule has 0 bridgehead atoms. The van der Waals surface area contributed by atoms with Crippen molar-refractivity contribution in [1.82, 2.24) is 5.32 Å². The summed E-state index contributed by atoms with van der Waals surface area (Å²) in [5, 5.41) is 2.56. The average Bonchev–Trinajstić information content (AvgIpc) is 2.73. The van der Waals surface area contributed by atoms with Crippen molar-refractivity contribution in [3.63, 3.8) is 0 Å². The molecule has 1 aliphatic rings. The van der Waals surface area contributed by atoms with Gasteiger partial charge in [-0.2, -0.15) is 0 Å². The molecule has 86 valence electrons. The van der Waals surface area contributed by atoms with Gasteiger partial charge in [0.25, 0.3) is 0 Å². The van der Waals surface area contributed by atoms with Crippen molar-refractivity contribution in [2.75, 3.05) is 20.3 Å². The normalized spacial score (nSPS) is 18.8. The van der Waals surface area contributed by atoms with E-state index in [0.29, 0.717) is 24.7 Å². The Morgan fingerprint density at radius 2 is 2.19 bits per heavy atom. The summed E-state index contributed by atoms with van der Waals surface area (Å²) in [6, 6.07) is 7.34. The van der Waals surface area contributed by atoms with Crippen LogP contribution in [0.3, 0.4) is 0 Å². The molecular formula is C11H13NO4. The number of methoxy groups -OCH3 is 1. The molecule has 1 saturated heterocycles. The van der Waals surface area contributed by atoms with Crippen LogP contribution in [0.1, 0.15) is 0 Å². The number of ether oxygens (including phenoxy) is 3. The van der Waals surface area contributed by atoms with Gasteiger partial charge in [0.15, 0.2) is 17.6 Å². The van der Waals surface area contributed by atoms with Crippen LogP contribution in [0.5, 0.6) is 11.5 Å². The zero-order valence-electron chi connectivity index (χ0n) is 8.93. The molecule has 1 fully saturated rings. The molecule has 1 amide bonds. The molecule has 1 heterocycles. The number of alkyl carbamates (subject to hydrolysis) is 1. The quantitative estimate of drug-likeness (QED) is 0.832. The molecule has 5 heteroatoms. The molecule has 0 radical (unpaired) electrons. The SMILES string of the molecule is COc1ccccc1OC[C@H]1CNC(=O)O1. The van der Waals surface area contributed by atoms with E-state index in [0.717, 1.165) is 0 Å². The Labute approximate surface area is 93.3 Å². The van der Waals surface area contributed by atoms with Gasteiger partial charge in [-0.25, -0.2) is 4.79 Å². The number of rotatable bonds is 4. The fourth-order valence-electron chi connectivity index (χ4n) is 1.45. The Hall–Kier alpha value is -1.91. The van der Waals surface area contributed by atoms with Gasteiger partial charge in [0.2, 0.25) is 0 Å². The van der Waals surface area contributed by atoms with Gasteiger partial charge < -0.3 is 19.5 Å². The Morgan fingerprint density at radius 1 is 1.44 bits per heavy atom. The number of nitrogens with one attached hydrogen (secondary N) is 1. The van der Waals surface area contributed by atoms with Crippen LogP contribution in [-0.2, 0) is 4.74 Å². The number of benzene rings is 1. The van der Waals surface area contributed by atoms with Gasteiger partial charge in [-0.3, -0.25) is 0 Å². The maximum absolute atomic E-state index is 10.8. The van der Waals surface area contributed by atoms with Crippen LogP contribution in [0.25, 0.3) is 0 Å². The van der Waals surface area contributed by atoms with Crippen molar-refractivity contribution in [1.29, 1.82) is 0 Å². The van der Waals surface area contributed by atoms with E-state index in [9.17, 15) is 4.79 Å². The number of carbonyl (C=O) groups is 1. The summed E-state index contributed by atoms with van der Waals surface area (Å²) in [4.78, 5) is 10.8. The fourth-order valence-corrected chi connectivity index (χ4v) is 1.45. The van der Waals surface area contributed by atoms with E-state index in [1.165, 1.54) is 0 Å². The monoisotopic (exact) mass is 223 g/mol. The Morgan fingerprint density at radius 3 is 2.81 bits per heavy atom. The molecule has 16 heavy (non-hydrogen) atoms. The highest BCUT2D eigenvalue weighted by Gasteiger charge is 2.23. The fraction of sp³-hybridized carbons (Fsp3) is 0.364. The first kappa shape index (κ1) is 10.6. The first-order valence-electron chi connectivity index (χ1n) is 5.00. The molecular weight excluding hydrogens is 210 g/mol. The highest BCUT2D eigenvalue weighted by atomic mass is 16.6. The van der Waals surface area contributed by atoms with Crippen LogP contribution in [0.15, 0.2) is 24.3 Å². The second kappa shape index (κ2) is 4.74. The number of hydrogen-bond acceptors (Lipinski definition) is 4. The summed E-state index contributed by atoms with van der Waals surface area (Å²) in [5.41, 5.74) is 0. The molecule has 0 saturated carbocycles. The van der Waals surface area contributed by atoms with Gasteiger partial charge in [-0.1, -0.05) is 12.1 Å². The second-order valence-electron chi connectivity index (χ2n) is 3.37. The van der Waals surface area contributed by atoms with Gasteiger partial charge in [-0.05, 0) is 12.1 Å². The molecule has 1 aromatic rings. The third kappa shape index (κ3) is 2.36. The van der Waals surface area contributed by atoms with Crippen LogP contribution in [0.4, 0.5) is 4.79 Å². The zero-order chi connectivity index (χ0) is 11.4. The lowest BCUT2D eigenvalue weighted by Crippen LogP contribution is -2.22. The highest BCUT2D eigenvalue weighted by Crippen LogP contribution is 2.25. The number of cyclic esters (lactones) is 1. The lowest BCUT2D eigenvalue weighted by atomic mass is 10.3. The molecule has 5 nitrogen and oxygen atoms in total. The molecule has 0 spiro atoms. The number of amides is 1. The van der Waals surface area contributed by atoms with Crippen molar-refractivity contribution in [2.24, 2.45) is 0 Å². The topological polar surface area (TPSA) is 56.8 Å². The van der Waals surface area contributed by atoms with Crippen LogP contribution in [-0.4, -0.2) is 32.5 Å². The highest BCUT2D eigenvalue weighted by molar-refractivity contribution is 5.69. The minimum absolute atomic E-state index is 0.239. The summed E-state index contributed by atoms with van der Waals surface area (Å²) in [6.07, 6.45) is -0.633. The zero-order valence-corrected chi connectivity index (χ0v) is 8.93. The van der Waals surface area contributed by atoms with Crippen molar-refractivity contribution in [2.45, 2.75) is 6.10 Å². The summed E-state index contributed by atoms with van der Waals surface area (Å²) >= 11 is 0. The van der Waals surface area contributed by atoms with E-state index in [4.69, 9.17) is 14.2 Å². The number of carbonyl (C=O) groups excluding carboxylic acids is 1. The molecule has 1 N–H and O–H groups in total. The van der Waals surface area contributed by atoms with E-state index in [-0.39, 0.29) is 6.10 Å². The molecule has 0 aromatic heterocycles. The van der Waals surface area contributed by atoms with E-state index in [1.807, 2.05) is 24.3 Å². The summed E-state index contributed by atoms with van der Waals surface area (Å²) < 4.78 is 15.6. The summed E-state index contributed by atoms with van der Waals surface area (Å²) in [6.45, 7) is 0.799. The first-order chi connectivity index (χ1) is 7.79. The maximum Gasteiger partial charge on any atom is 0.407 e. The molecule has 1 aliphatic heterocycles. The third-order valence-corrected chi connectivity index (χ3v) is 2.24. The maximum atomic E-state index is 10.8. The Kier molecular flexibility index (Phi) is 3.14.